The molecule has 0 radical (unpaired) electrons. The first-order chi connectivity index (χ1) is 11.5. The number of rotatable bonds is 6. The highest BCUT2D eigenvalue weighted by molar-refractivity contribution is 5.76. The second-order valence-corrected chi connectivity index (χ2v) is 5.78. The summed E-state index contributed by atoms with van der Waals surface area (Å²) in [5.74, 6) is 0.890. The van der Waals surface area contributed by atoms with E-state index in [1.54, 1.807) is 13.8 Å². The summed E-state index contributed by atoms with van der Waals surface area (Å²) in [6.07, 6.45) is 1.87. The maximum absolute atomic E-state index is 12.0. The van der Waals surface area contributed by atoms with Crippen molar-refractivity contribution < 1.29 is 9.32 Å². The highest BCUT2D eigenvalue weighted by Crippen LogP contribution is 2.13. The number of nitrogens with one attached hydrogen (secondary N) is 3. The molecule has 0 aliphatic heterocycles. The van der Waals surface area contributed by atoms with Crippen molar-refractivity contribution in [2.24, 2.45) is 0 Å². The SMILES string of the molecule is Cc1noc([C@H](C)NC(=O)CCCc2ccc3[nH]c(=O)[nH]c3c2)n1. The fraction of sp³-hybridized carbons (Fsp3) is 0.375. The van der Waals surface area contributed by atoms with Crippen molar-refractivity contribution in [1.29, 1.82) is 0 Å². The summed E-state index contributed by atoms with van der Waals surface area (Å²) in [5.41, 5.74) is 2.42. The molecule has 3 rings (SSSR count). The second-order valence-electron chi connectivity index (χ2n) is 5.78. The van der Waals surface area contributed by atoms with Gasteiger partial charge in [-0.2, -0.15) is 4.98 Å². The molecule has 8 heteroatoms. The smallest absolute Gasteiger partial charge is 0.323 e. The summed E-state index contributed by atoms with van der Waals surface area (Å²) >= 11 is 0. The van der Waals surface area contributed by atoms with Crippen molar-refractivity contribution >= 4 is 16.9 Å². The molecular formula is C16H19N5O3. The summed E-state index contributed by atoms with van der Waals surface area (Å²) in [6.45, 7) is 3.54. The highest BCUT2D eigenvalue weighted by Gasteiger charge is 2.15. The molecule has 0 aliphatic carbocycles. The number of hydrogen-bond acceptors (Lipinski definition) is 5. The molecule has 1 aromatic carbocycles. The van der Waals surface area contributed by atoms with Crippen LogP contribution in [0, 0.1) is 6.92 Å². The van der Waals surface area contributed by atoms with E-state index in [0.29, 0.717) is 24.6 Å². The lowest BCUT2D eigenvalue weighted by atomic mass is 10.1. The normalized spacial score (nSPS) is 12.4. The van der Waals surface area contributed by atoms with Crippen LogP contribution in [0.4, 0.5) is 0 Å². The summed E-state index contributed by atoms with van der Waals surface area (Å²) in [5, 5.41) is 6.55. The van der Waals surface area contributed by atoms with Gasteiger partial charge in [0.25, 0.3) is 0 Å². The molecule has 1 amide bonds. The van der Waals surface area contributed by atoms with Gasteiger partial charge >= 0.3 is 5.69 Å². The molecule has 0 fully saturated rings. The Morgan fingerprint density at radius 2 is 2.12 bits per heavy atom. The van der Waals surface area contributed by atoms with Crippen LogP contribution in [0.2, 0.25) is 0 Å². The number of aromatic nitrogens is 4. The van der Waals surface area contributed by atoms with E-state index in [-0.39, 0.29) is 17.6 Å². The monoisotopic (exact) mass is 329 g/mol. The first-order valence-corrected chi connectivity index (χ1v) is 7.82. The number of amides is 1. The first kappa shape index (κ1) is 16.0. The zero-order valence-corrected chi connectivity index (χ0v) is 13.5. The average molecular weight is 329 g/mol. The summed E-state index contributed by atoms with van der Waals surface area (Å²) in [7, 11) is 0. The van der Waals surface area contributed by atoms with Gasteiger partial charge in [-0.1, -0.05) is 11.2 Å². The molecule has 1 atom stereocenters. The zero-order valence-electron chi connectivity index (χ0n) is 13.5. The zero-order chi connectivity index (χ0) is 17.1. The third-order valence-electron chi connectivity index (χ3n) is 3.74. The molecular weight excluding hydrogens is 310 g/mol. The van der Waals surface area contributed by atoms with Gasteiger partial charge in [0.1, 0.15) is 6.04 Å². The number of benzene rings is 1. The van der Waals surface area contributed by atoms with E-state index in [1.807, 2.05) is 18.2 Å². The van der Waals surface area contributed by atoms with Crippen molar-refractivity contribution in [2.45, 2.75) is 39.2 Å². The first-order valence-electron chi connectivity index (χ1n) is 7.82. The minimum absolute atomic E-state index is 0.0607. The number of aromatic amines is 2. The van der Waals surface area contributed by atoms with Crippen molar-refractivity contribution in [3.8, 4) is 0 Å². The van der Waals surface area contributed by atoms with E-state index in [9.17, 15) is 9.59 Å². The fourth-order valence-electron chi connectivity index (χ4n) is 2.55. The summed E-state index contributed by atoms with van der Waals surface area (Å²) in [6, 6.07) is 5.44. The Hall–Kier alpha value is -2.90. The molecule has 8 nitrogen and oxygen atoms in total. The molecule has 2 aromatic heterocycles. The van der Waals surface area contributed by atoms with Gasteiger partial charge in [-0.3, -0.25) is 4.79 Å². The summed E-state index contributed by atoms with van der Waals surface area (Å²) < 4.78 is 5.04. The van der Waals surface area contributed by atoms with Crippen LogP contribution in [0.1, 0.15) is 43.1 Å². The molecule has 3 aromatic rings. The van der Waals surface area contributed by atoms with Crippen LogP contribution >= 0.6 is 0 Å². The Bertz CT molecular complexity index is 908. The van der Waals surface area contributed by atoms with E-state index in [0.717, 1.165) is 23.0 Å². The quantitative estimate of drug-likeness (QED) is 0.637. The number of aryl methyl sites for hydroxylation is 2. The average Bonchev–Trinajstić information content (AvgIpc) is 3.11. The standard InChI is InChI=1S/C16H19N5O3/c1-9(15-18-10(2)21-24-15)17-14(22)5-3-4-11-6-7-12-13(8-11)20-16(23)19-12/h6-9H,3-5H2,1-2H3,(H,17,22)(H2,19,20,23)/t9-/m0/s1. The van der Waals surface area contributed by atoms with Gasteiger partial charge in [0.15, 0.2) is 5.82 Å². The molecule has 0 saturated heterocycles. The minimum atomic E-state index is -0.306. The van der Waals surface area contributed by atoms with Gasteiger partial charge in [-0.15, -0.1) is 0 Å². The predicted octanol–water partition coefficient (Wildman–Crippen LogP) is 1.75. The Morgan fingerprint density at radius 1 is 1.33 bits per heavy atom. The van der Waals surface area contributed by atoms with E-state index in [4.69, 9.17) is 4.52 Å². The van der Waals surface area contributed by atoms with Gasteiger partial charge in [0.2, 0.25) is 11.8 Å². The van der Waals surface area contributed by atoms with Gasteiger partial charge in [0, 0.05) is 6.42 Å². The fourth-order valence-corrected chi connectivity index (χ4v) is 2.55. The lowest BCUT2D eigenvalue weighted by Gasteiger charge is -2.09. The second kappa shape index (κ2) is 6.69. The number of hydrogen-bond donors (Lipinski definition) is 3. The third kappa shape index (κ3) is 3.70. The van der Waals surface area contributed by atoms with Crippen molar-refractivity contribution in [3.63, 3.8) is 0 Å². The third-order valence-corrected chi connectivity index (χ3v) is 3.74. The largest absolute Gasteiger partial charge is 0.345 e. The Labute approximate surface area is 137 Å². The number of H-pyrrole nitrogens is 2. The van der Waals surface area contributed by atoms with Gasteiger partial charge in [-0.25, -0.2) is 4.79 Å². The topological polar surface area (TPSA) is 117 Å². The van der Waals surface area contributed by atoms with Crippen LogP contribution in [0.15, 0.2) is 27.5 Å². The summed E-state index contributed by atoms with van der Waals surface area (Å²) in [4.78, 5) is 32.8. The molecule has 0 aliphatic rings. The van der Waals surface area contributed by atoms with Crippen molar-refractivity contribution in [3.05, 3.63) is 46.0 Å². The minimum Gasteiger partial charge on any atom is -0.345 e. The van der Waals surface area contributed by atoms with E-state index in [2.05, 4.69) is 25.4 Å². The van der Waals surface area contributed by atoms with Gasteiger partial charge in [0.05, 0.1) is 11.0 Å². The number of carbonyl (C=O) groups is 1. The van der Waals surface area contributed by atoms with Crippen LogP contribution < -0.4 is 11.0 Å². The molecule has 0 spiro atoms. The number of imidazole rings is 1. The maximum atomic E-state index is 12.0. The Kier molecular flexibility index (Phi) is 4.45. The van der Waals surface area contributed by atoms with Crippen molar-refractivity contribution in [2.75, 3.05) is 0 Å². The Morgan fingerprint density at radius 3 is 2.88 bits per heavy atom. The highest BCUT2D eigenvalue weighted by atomic mass is 16.5. The lowest BCUT2D eigenvalue weighted by molar-refractivity contribution is -0.122. The predicted molar refractivity (Wildman–Crippen MR) is 87.5 cm³/mol. The molecule has 3 N–H and O–H groups in total. The van der Waals surface area contributed by atoms with Crippen LogP contribution in [0.3, 0.4) is 0 Å². The molecule has 24 heavy (non-hydrogen) atoms. The van der Waals surface area contributed by atoms with E-state index in [1.165, 1.54) is 0 Å². The van der Waals surface area contributed by atoms with Gasteiger partial charge < -0.3 is 19.8 Å². The lowest BCUT2D eigenvalue weighted by Crippen LogP contribution is -2.26. The number of carbonyl (C=O) groups excluding carboxylic acids is 1. The molecule has 0 saturated carbocycles. The van der Waals surface area contributed by atoms with E-state index >= 15 is 0 Å². The van der Waals surface area contributed by atoms with Crippen LogP contribution in [0.5, 0.6) is 0 Å². The Balaban J connectivity index is 1.49. The molecule has 0 unspecified atom stereocenters. The molecule has 2 heterocycles. The van der Waals surface area contributed by atoms with Crippen LogP contribution in [-0.4, -0.2) is 26.0 Å². The van der Waals surface area contributed by atoms with Crippen molar-refractivity contribution in [1.82, 2.24) is 25.4 Å². The number of fused-ring (bicyclic) bond motifs is 1. The van der Waals surface area contributed by atoms with E-state index < -0.39 is 0 Å². The molecule has 0 bridgehead atoms. The molecule has 126 valence electrons. The van der Waals surface area contributed by atoms with Gasteiger partial charge in [-0.05, 0) is 44.4 Å². The van der Waals surface area contributed by atoms with Crippen LogP contribution in [-0.2, 0) is 11.2 Å². The number of nitrogens with zero attached hydrogens (tertiary/aromatic N) is 2. The maximum Gasteiger partial charge on any atom is 0.323 e. The van der Waals surface area contributed by atoms with Crippen LogP contribution in [0.25, 0.3) is 11.0 Å².